The molecule has 4 saturated heterocycles. The van der Waals surface area contributed by atoms with Crippen LogP contribution >= 0.6 is 0 Å². The van der Waals surface area contributed by atoms with Crippen LogP contribution < -0.4 is 0 Å². The fourth-order valence-corrected chi connectivity index (χ4v) is 7.05. The molecule has 0 aromatic rings. The third-order valence-corrected chi connectivity index (χ3v) is 8.76. The maximum absolute atomic E-state index is 13.6. The van der Waals surface area contributed by atoms with Crippen LogP contribution in [0, 0.1) is 11.8 Å². The van der Waals surface area contributed by atoms with Crippen molar-refractivity contribution in [1.82, 2.24) is 14.7 Å². The second kappa shape index (κ2) is 7.33. The lowest BCUT2D eigenvalue weighted by Crippen LogP contribution is -2.63. The van der Waals surface area contributed by atoms with Crippen LogP contribution in [0.2, 0.25) is 0 Å². The van der Waals surface area contributed by atoms with E-state index in [0.717, 1.165) is 25.9 Å². The molecule has 2 amide bonds. The summed E-state index contributed by atoms with van der Waals surface area (Å²) in [5, 5.41) is 0. The molecule has 0 aromatic carbocycles. The molecule has 164 valence electrons. The molecule has 30 heavy (non-hydrogen) atoms. The van der Waals surface area contributed by atoms with Gasteiger partial charge in [0.25, 0.3) is 0 Å². The molecule has 0 radical (unpaired) electrons. The predicted octanol–water partition coefficient (Wildman–Crippen LogP) is 2.19. The smallest absolute Gasteiger partial charge is 0.230 e. The Morgan fingerprint density at radius 1 is 0.967 bits per heavy atom. The van der Waals surface area contributed by atoms with Gasteiger partial charge in [0, 0.05) is 25.2 Å². The topological polar surface area (TPSA) is 53.1 Å². The number of nitrogens with zero attached hydrogens (tertiary/aromatic N) is 3. The molecule has 6 nitrogen and oxygen atoms in total. The summed E-state index contributed by atoms with van der Waals surface area (Å²) < 4.78 is 6.37. The number of amides is 2. The van der Waals surface area contributed by atoms with Crippen molar-refractivity contribution in [3.63, 3.8) is 0 Å². The molecule has 1 aliphatic carbocycles. The quantitative estimate of drug-likeness (QED) is 0.526. The molecule has 6 heteroatoms. The van der Waals surface area contributed by atoms with Crippen LogP contribution in [0.25, 0.3) is 0 Å². The minimum absolute atomic E-state index is 0.153. The Hall–Kier alpha value is -1.40. The Labute approximate surface area is 179 Å². The van der Waals surface area contributed by atoms with Gasteiger partial charge in [-0.25, -0.2) is 0 Å². The van der Waals surface area contributed by atoms with Crippen molar-refractivity contribution < 1.29 is 14.3 Å². The van der Waals surface area contributed by atoms with Gasteiger partial charge in [0.15, 0.2) is 0 Å². The number of rotatable bonds is 3. The first kappa shape index (κ1) is 19.3. The van der Waals surface area contributed by atoms with Crippen LogP contribution in [0.15, 0.2) is 12.2 Å². The van der Waals surface area contributed by atoms with Gasteiger partial charge in [-0.3, -0.25) is 14.5 Å². The van der Waals surface area contributed by atoms with E-state index in [4.69, 9.17) is 4.74 Å². The van der Waals surface area contributed by atoms with Gasteiger partial charge in [0.2, 0.25) is 11.8 Å². The van der Waals surface area contributed by atoms with Crippen molar-refractivity contribution >= 4 is 11.8 Å². The zero-order chi connectivity index (χ0) is 20.3. The molecule has 5 heterocycles. The molecule has 4 atom stereocenters. The first-order valence-corrected chi connectivity index (χ1v) is 12.4. The van der Waals surface area contributed by atoms with Gasteiger partial charge in [0.05, 0.1) is 24.5 Å². The predicted molar refractivity (Wildman–Crippen MR) is 113 cm³/mol. The molecule has 1 saturated carbocycles. The second-order valence-corrected chi connectivity index (χ2v) is 10.5. The number of carbonyl (C=O) groups excluding carboxylic acids is 2. The fourth-order valence-electron chi connectivity index (χ4n) is 7.05. The highest BCUT2D eigenvalue weighted by molar-refractivity contribution is 5.93. The summed E-state index contributed by atoms with van der Waals surface area (Å²) in [5.41, 5.74) is -0.550. The number of hydrogen-bond acceptors (Lipinski definition) is 4. The van der Waals surface area contributed by atoms with E-state index in [0.29, 0.717) is 18.6 Å². The number of carbonyl (C=O) groups is 2. The molecule has 0 unspecified atom stereocenters. The van der Waals surface area contributed by atoms with Crippen LogP contribution in [0.1, 0.15) is 57.8 Å². The van der Waals surface area contributed by atoms with Crippen molar-refractivity contribution in [3.05, 3.63) is 12.2 Å². The van der Waals surface area contributed by atoms with E-state index in [-0.39, 0.29) is 29.8 Å². The van der Waals surface area contributed by atoms with Gasteiger partial charge in [-0.2, -0.15) is 0 Å². The van der Waals surface area contributed by atoms with Crippen molar-refractivity contribution in [2.75, 3.05) is 32.7 Å². The number of likely N-dealkylation sites (tertiary alicyclic amines) is 3. The summed E-state index contributed by atoms with van der Waals surface area (Å²) in [6, 6.07) is 0.847. The number of piperidine rings is 1. The van der Waals surface area contributed by atoms with Crippen molar-refractivity contribution in [3.8, 4) is 0 Å². The van der Waals surface area contributed by atoms with E-state index < -0.39 is 5.60 Å². The van der Waals surface area contributed by atoms with Gasteiger partial charge in [-0.1, -0.05) is 44.3 Å². The lowest BCUT2D eigenvalue weighted by molar-refractivity contribution is -0.149. The van der Waals surface area contributed by atoms with Crippen LogP contribution in [0.5, 0.6) is 0 Å². The number of fused-ring (bicyclic) bond motifs is 1. The molecule has 0 N–H and O–H groups in total. The minimum Gasteiger partial charge on any atom is -0.360 e. The van der Waals surface area contributed by atoms with Crippen LogP contribution in [-0.4, -0.2) is 83.0 Å². The molecular formula is C24H35N3O3. The Bertz CT molecular complexity index is 734. The van der Waals surface area contributed by atoms with Gasteiger partial charge in [-0.05, 0) is 38.8 Å². The SMILES string of the molecule is O=C([C@@H]1[C@@H]2C=C[C@@]3(CN(C4CCCCCC4)C(=O)[C@@H]13)O2)N1CC(N2CCCCC2)C1. The van der Waals surface area contributed by atoms with E-state index >= 15 is 0 Å². The van der Waals surface area contributed by atoms with Gasteiger partial charge in [0.1, 0.15) is 5.60 Å². The Morgan fingerprint density at radius 2 is 1.67 bits per heavy atom. The highest BCUT2D eigenvalue weighted by atomic mass is 16.5. The normalized spacial score (nSPS) is 40.0. The van der Waals surface area contributed by atoms with E-state index in [2.05, 4.69) is 22.0 Å². The Morgan fingerprint density at radius 3 is 2.40 bits per heavy atom. The van der Waals surface area contributed by atoms with Crippen molar-refractivity contribution in [2.24, 2.45) is 11.8 Å². The van der Waals surface area contributed by atoms with Crippen molar-refractivity contribution in [1.29, 1.82) is 0 Å². The second-order valence-electron chi connectivity index (χ2n) is 10.5. The van der Waals surface area contributed by atoms with Gasteiger partial charge < -0.3 is 14.5 Å². The average molecular weight is 414 g/mol. The van der Waals surface area contributed by atoms with E-state index in [1.54, 1.807) is 0 Å². The molecule has 5 aliphatic heterocycles. The van der Waals surface area contributed by atoms with Gasteiger partial charge in [-0.15, -0.1) is 0 Å². The molecule has 2 bridgehead atoms. The Balaban J connectivity index is 1.16. The first-order chi connectivity index (χ1) is 14.7. The van der Waals surface area contributed by atoms with E-state index in [9.17, 15) is 9.59 Å². The Kier molecular flexibility index (Phi) is 4.72. The van der Waals surface area contributed by atoms with Crippen LogP contribution in [-0.2, 0) is 14.3 Å². The molecule has 1 spiro atoms. The third-order valence-electron chi connectivity index (χ3n) is 8.76. The van der Waals surface area contributed by atoms with Crippen LogP contribution in [0.3, 0.4) is 0 Å². The van der Waals surface area contributed by atoms with E-state index in [1.165, 1.54) is 58.0 Å². The first-order valence-electron chi connectivity index (χ1n) is 12.4. The molecule has 5 fully saturated rings. The number of ether oxygens (including phenoxy) is 1. The zero-order valence-corrected chi connectivity index (χ0v) is 18.0. The molecule has 6 rings (SSSR count). The average Bonchev–Trinajstić information content (AvgIpc) is 3.27. The monoisotopic (exact) mass is 413 g/mol. The summed E-state index contributed by atoms with van der Waals surface area (Å²) in [4.78, 5) is 33.7. The summed E-state index contributed by atoms with van der Waals surface area (Å²) in [5.74, 6) is -0.293. The van der Waals surface area contributed by atoms with Crippen LogP contribution in [0.4, 0.5) is 0 Å². The van der Waals surface area contributed by atoms with Crippen molar-refractivity contribution in [2.45, 2.75) is 81.6 Å². The lowest BCUT2D eigenvalue weighted by atomic mass is 9.76. The summed E-state index contributed by atoms with van der Waals surface area (Å²) >= 11 is 0. The highest BCUT2D eigenvalue weighted by Crippen LogP contribution is 2.53. The molecular weight excluding hydrogens is 378 g/mol. The highest BCUT2D eigenvalue weighted by Gasteiger charge is 2.68. The lowest BCUT2D eigenvalue weighted by Gasteiger charge is -2.48. The molecule has 6 aliphatic rings. The molecule has 0 aromatic heterocycles. The standard InChI is InChI=1S/C24H35N3O3/c28-22(26-14-18(15-26)25-12-6-3-7-13-25)20-19-10-11-24(30-19)16-27(23(29)21(20)24)17-8-4-1-2-5-9-17/h10-11,17-21H,1-9,12-16H2/t19-,20+,21+,24-/m0/s1. The van der Waals surface area contributed by atoms with Gasteiger partial charge >= 0.3 is 0 Å². The number of hydrogen-bond donors (Lipinski definition) is 0. The third kappa shape index (κ3) is 2.89. The summed E-state index contributed by atoms with van der Waals surface area (Å²) in [6.07, 6.45) is 15.0. The summed E-state index contributed by atoms with van der Waals surface area (Å²) in [7, 11) is 0. The zero-order valence-electron chi connectivity index (χ0n) is 18.0. The summed E-state index contributed by atoms with van der Waals surface area (Å²) in [6.45, 7) is 4.64. The minimum atomic E-state index is -0.550. The fraction of sp³-hybridized carbons (Fsp3) is 0.833. The maximum Gasteiger partial charge on any atom is 0.230 e. The van der Waals surface area contributed by atoms with E-state index in [1.807, 2.05) is 4.90 Å². The largest absolute Gasteiger partial charge is 0.360 e. The maximum atomic E-state index is 13.6.